The largest absolute Gasteiger partial charge is 0.389 e. The Balaban J connectivity index is 2.26. The van der Waals surface area contributed by atoms with Crippen LogP contribution in [-0.4, -0.2) is 12.2 Å². The lowest BCUT2D eigenvalue weighted by Crippen LogP contribution is -2.18. The van der Waals surface area contributed by atoms with Crippen molar-refractivity contribution in [1.82, 2.24) is 0 Å². The standard InChI is InChI=1S/C14H16FNOS/c1-10(17)13-7-12(15)3-4-14(13)16(2)8-11-5-6-18-9-11/h3-7,9-10,17H,8H2,1-2H3/t10-/m0/s1. The minimum Gasteiger partial charge on any atom is -0.389 e. The summed E-state index contributed by atoms with van der Waals surface area (Å²) in [5.41, 5.74) is 2.69. The van der Waals surface area contributed by atoms with Crippen molar-refractivity contribution >= 4 is 17.0 Å². The van der Waals surface area contributed by atoms with E-state index in [1.807, 2.05) is 17.3 Å². The van der Waals surface area contributed by atoms with Gasteiger partial charge in [-0.15, -0.1) is 0 Å². The third-order valence-electron chi connectivity index (χ3n) is 2.85. The lowest BCUT2D eigenvalue weighted by molar-refractivity contribution is 0.199. The van der Waals surface area contributed by atoms with E-state index in [0.29, 0.717) is 5.56 Å². The lowest BCUT2D eigenvalue weighted by atomic mass is 10.1. The fourth-order valence-corrected chi connectivity index (χ4v) is 2.61. The van der Waals surface area contributed by atoms with Crippen molar-refractivity contribution in [2.24, 2.45) is 0 Å². The summed E-state index contributed by atoms with van der Waals surface area (Å²) in [5.74, 6) is -0.321. The maximum Gasteiger partial charge on any atom is 0.123 e. The highest BCUT2D eigenvalue weighted by atomic mass is 32.1. The first kappa shape index (κ1) is 13.1. The Bertz CT molecular complexity index is 511. The van der Waals surface area contributed by atoms with Crippen LogP contribution in [0.15, 0.2) is 35.0 Å². The highest BCUT2D eigenvalue weighted by Crippen LogP contribution is 2.27. The van der Waals surface area contributed by atoms with Crippen LogP contribution < -0.4 is 4.90 Å². The van der Waals surface area contributed by atoms with Crippen LogP contribution in [0.4, 0.5) is 10.1 Å². The molecule has 0 saturated heterocycles. The summed E-state index contributed by atoms with van der Waals surface area (Å²) >= 11 is 1.65. The maximum atomic E-state index is 13.2. The van der Waals surface area contributed by atoms with Gasteiger partial charge in [-0.25, -0.2) is 4.39 Å². The number of thiophene rings is 1. The molecule has 4 heteroatoms. The smallest absolute Gasteiger partial charge is 0.123 e. The number of rotatable bonds is 4. The topological polar surface area (TPSA) is 23.5 Å². The average Bonchev–Trinajstić information content (AvgIpc) is 2.81. The number of aliphatic hydroxyl groups excluding tert-OH is 1. The molecule has 0 saturated carbocycles. The highest BCUT2D eigenvalue weighted by molar-refractivity contribution is 7.07. The van der Waals surface area contributed by atoms with Gasteiger partial charge in [-0.05, 0) is 47.5 Å². The zero-order valence-corrected chi connectivity index (χ0v) is 11.2. The summed E-state index contributed by atoms with van der Waals surface area (Å²) in [4.78, 5) is 2.02. The van der Waals surface area contributed by atoms with E-state index in [1.54, 1.807) is 24.3 Å². The van der Waals surface area contributed by atoms with E-state index in [0.717, 1.165) is 12.2 Å². The van der Waals surface area contributed by atoms with Gasteiger partial charge in [0.25, 0.3) is 0 Å². The van der Waals surface area contributed by atoms with Crippen LogP contribution in [0.2, 0.25) is 0 Å². The molecule has 18 heavy (non-hydrogen) atoms. The zero-order chi connectivity index (χ0) is 13.1. The van der Waals surface area contributed by atoms with Crippen LogP contribution in [-0.2, 0) is 6.54 Å². The van der Waals surface area contributed by atoms with Gasteiger partial charge >= 0.3 is 0 Å². The number of anilines is 1. The monoisotopic (exact) mass is 265 g/mol. The predicted molar refractivity (Wildman–Crippen MR) is 73.5 cm³/mol. The van der Waals surface area contributed by atoms with Gasteiger partial charge in [0.2, 0.25) is 0 Å². The number of halogens is 1. The minimum atomic E-state index is -0.680. The Hall–Kier alpha value is -1.39. The molecule has 0 bridgehead atoms. The fourth-order valence-electron chi connectivity index (χ4n) is 1.95. The van der Waals surface area contributed by atoms with E-state index < -0.39 is 6.10 Å². The van der Waals surface area contributed by atoms with Gasteiger partial charge in [-0.2, -0.15) is 11.3 Å². The van der Waals surface area contributed by atoms with Gasteiger partial charge < -0.3 is 10.0 Å². The van der Waals surface area contributed by atoms with Crippen LogP contribution in [0.25, 0.3) is 0 Å². The fraction of sp³-hybridized carbons (Fsp3) is 0.286. The molecule has 96 valence electrons. The molecule has 2 nitrogen and oxygen atoms in total. The van der Waals surface area contributed by atoms with Crippen molar-refractivity contribution in [2.45, 2.75) is 19.6 Å². The Kier molecular flexibility index (Phi) is 3.99. The van der Waals surface area contributed by atoms with Crippen LogP contribution in [0.3, 0.4) is 0 Å². The first-order valence-electron chi connectivity index (χ1n) is 5.77. The Morgan fingerprint density at radius 1 is 1.39 bits per heavy atom. The Labute approximate surface area is 110 Å². The molecule has 0 amide bonds. The van der Waals surface area contributed by atoms with Gasteiger partial charge in [0.15, 0.2) is 0 Å². The Morgan fingerprint density at radius 3 is 2.78 bits per heavy atom. The van der Waals surface area contributed by atoms with Crippen molar-refractivity contribution in [3.05, 3.63) is 52.0 Å². The van der Waals surface area contributed by atoms with Gasteiger partial charge in [-0.3, -0.25) is 0 Å². The number of hydrogen-bond acceptors (Lipinski definition) is 3. The molecule has 0 spiro atoms. The summed E-state index contributed by atoms with van der Waals surface area (Å²) in [5, 5.41) is 13.8. The maximum absolute atomic E-state index is 13.2. The molecule has 2 rings (SSSR count). The molecule has 0 aliphatic carbocycles. The van der Waals surface area contributed by atoms with Crippen molar-refractivity contribution in [3.8, 4) is 0 Å². The molecule has 1 aromatic heterocycles. The number of aliphatic hydroxyl groups is 1. The highest BCUT2D eigenvalue weighted by Gasteiger charge is 2.13. The molecule has 0 aliphatic heterocycles. The SMILES string of the molecule is C[C@H](O)c1cc(F)ccc1N(C)Cc1ccsc1. The molecule has 1 heterocycles. The number of benzene rings is 1. The second-order valence-corrected chi connectivity index (χ2v) is 5.15. The van der Waals surface area contributed by atoms with Crippen LogP contribution in [0.1, 0.15) is 24.2 Å². The summed E-state index contributed by atoms with van der Waals surface area (Å²) < 4.78 is 13.2. The van der Waals surface area contributed by atoms with E-state index in [4.69, 9.17) is 0 Å². The molecule has 1 atom stereocenters. The number of nitrogens with zero attached hydrogens (tertiary/aromatic N) is 1. The second kappa shape index (κ2) is 5.50. The first-order valence-corrected chi connectivity index (χ1v) is 6.72. The van der Waals surface area contributed by atoms with E-state index in [1.165, 1.54) is 17.7 Å². The Morgan fingerprint density at radius 2 is 2.17 bits per heavy atom. The third kappa shape index (κ3) is 2.89. The molecular formula is C14H16FNOS. The summed E-state index contributed by atoms with van der Waals surface area (Å²) in [6.45, 7) is 2.39. The van der Waals surface area contributed by atoms with Gasteiger partial charge in [0.05, 0.1) is 6.10 Å². The summed E-state index contributed by atoms with van der Waals surface area (Å²) in [6.07, 6.45) is -0.680. The van der Waals surface area contributed by atoms with Gasteiger partial charge in [0, 0.05) is 24.8 Å². The van der Waals surface area contributed by atoms with Crippen LogP contribution in [0, 0.1) is 5.82 Å². The average molecular weight is 265 g/mol. The van der Waals surface area contributed by atoms with Crippen molar-refractivity contribution < 1.29 is 9.50 Å². The van der Waals surface area contributed by atoms with E-state index >= 15 is 0 Å². The summed E-state index contributed by atoms with van der Waals surface area (Å²) in [6, 6.07) is 6.59. The molecule has 2 aromatic rings. The van der Waals surface area contributed by atoms with Crippen LogP contribution >= 0.6 is 11.3 Å². The van der Waals surface area contributed by atoms with E-state index in [-0.39, 0.29) is 5.82 Å². The second-order valence-electron chi connectivity index (χ2n) is 4.37. The van der Waals surface area contributed by atoms with Crippen LogP contribution in [0.5, 0.6) is 0 Å². The molecule has 0 unspecified atom stereocenters. The van der Waals surface area contributed by atoms with Crippen molar-refractivity contribution in [2.75, 3.05) is 11.9 Å². The normalized spacial score (nSPS) is 12.4. The number of hydrogen-bond donors (Lipinski definition) is 1. The zero-order valence-electron chi connectivity index (χ0n) is 10.4. The van der Waals surface area contributed by atoms with E-state index in [2.05, 4.69) is 11.4 Å². The molecule has 0 radical (unpaired) electrons. The molecule has 0 aliphatic rings. The lowest BCUT2D eigenvalue weighted by Gasteiger charge is -2.23. The first-order chi connectivity index (χ1) is 8.58. The van der Waals surface area contributed by atoms with Crippen molar-refractivity contribution in [1.29, 1.82) is 0 Å². The predicted octanol–water partition coefficient (Wildman–Crippen LogP) is 3.58. The molecule has 1 aromatic carbocycles. The summed E-state index contributed by atoms with van der Waals surface area (Å²) in [7, 11) is 1.94. The van der Waals surface area contributed by atoms with Gasteiger partial charge in [-0.1, -0.05) is 0 Å². The minimum absolute atomic E-state index is 0.321. The molecule has 1 N–H and O–H groups in total. The quantitative estimate of drug-likeness (QED) is 0.913. The van der Waals surface area contributed by atoms with Gasteiger partial charge in [0.1, 0.15) is 5.82 Å². The van der Waals surface area contributed by atoms with Crippen molar-refractivity contribution in [3.63, 3.8) is 0 Å². The molecule has 0 fully saturated rings. The van der Waals surface area contributed by atoms with E-state index in [9.17, 15) is 9.50 Å². The molecular weight excluding hydrogens is 249 g/mol. The third-order valence-corrected chi connectivity index (χ3v) is 3.58.